The highest BCUT2D eigenvalue weighted by Crippen LogP contribution is 2.20. The Hall–Kier alpha value is -3.48. The molecule has 0 fully saturated rings. The van der Waals surface area contributed by atoms with E-state index < -0.39 is 11.8 Å². The molecular formula is C18H15FN4O2. The van der Waals surface area contributed by atoms with Gasteiger partial charge in [0, 0.05) is 11.9 Å². The molecule has 126 valence electrons. The van der Waals surface area contributed by atoms with Crippen LogP contribution in [0, 0.1) is 5.82 Å². The highest BCUT2D eigenvalue weighted by Gasteiger charge is 2.07. The van der Waals surface area contributed by atoms with Crippen LogP contribution in [0.25, 0.3) is 0 Å². The van der Waals surface area contributed by atoms with Gasteiger partial charge >= 0.3 is 5.97 Å². The van der Waals surface area contributed by atoms with E-state index in [0.717, 1.165) is 0 Å². The predicted octanol–water partition coefficient (Wildman–Crippen LogP) is 3.89. The van der Waals surface area contributed by atoms with E-state index >= 15 is 0 Å². The van der Waals surface area contributed by atoms with Crippen molar-refractivity contribution in [2.75, 3.05) is 17.7 Å². The molecule has 25 heavy (non-hydrogen) atoms. The number of para-hydroxylation sites is 1. The van der Waals surface area contributed by atoms with Crippen LogP contribution in [0.1, 0.15) is 10.4 Å². The molecule has 3 rings (SSSR count). The van der Waals surface area contributed by atoms with Crippen LogP contribution in [0.2, 0.25) is 0 Å². The Bertz CT molecular complexity index is 902. The van der Waals surface area contributed by atoms with E-state index in [4.69, 9.17) is 4.74 Å². The maximum atomic E-state index is 13.7. The Kier molecular flexibility index (Phi) is 4.84. The number of nitrogens with one attached hydrogen (secondary N) is 2. The molecule has 1 aromatic heterocycles. The molecule has 0 aliphatic heterocycles. The first-order valence-electron chi connectivity index (χ1n) is 7.46. The summed E-state index contributed by atoms with van der Waals surface area (Å²) in [7, 11) is 1.33. The van der Waals surface area contributed by atoms with Crippen molar-refractivity contribution in [3.8, 4) is 0 Å². The summed E-state index contributed by atoms with van der Waals surface area (Å²) < 4.78 is 18.4. The molecule has 0 amide bonds. The number of anilines is 4. The maximum absolute atomic E-state index is 13.7. The van der Waals surface area contributed by atoms with Gasteiger partial charge in [-0.2, -0.15) is 4.98 Å². The minimum atomic E-state index is -0.423. The topological polar surface area (TPSA) is 76.1 Å². The number of carbonyl (C=O) groups excluding carboxylic acids is 1. The fourth-order valence-electron chi connectivity index (χ4n) is 2.16. The van der Waals surface area contributed by atoms with Crippen molar-refractivity contribution in [1.82, 2.24) is 9.97 Å². The number of aromatic nitrogens is 2. The van der Waals surface area contributed by atoms with Crippen LogP contribution in [0.4, 0.5) is 27.5 Å². The van der Waals surface area contributed by atoms with E-state index in [2.05, 4.69) is 20.6 Å². The van der Waals surface area contributed by atoms with Gasteiger partial charge in [-0.15, -0.1) is 0 Å². The van der Waals surface area contributed by atoms with Crippen molar-refractivity contribution in [2.45, 2.75) is 0 Å². The Morgan fingerprint density at radius 3 is 2.72 bits per heavy atom. The lowest BCUT2D eigenvalue weighted by molar-refractivity contribution is 0.0601. The van der Waals surface area contributed by atoms with Crippen molar-refractivity contribution in [3.05, 3.63) is 72.2 Å². The second kappa shape index (κ2) is 7.39. The number of halogens is 1. The summed E-state index contributed by atoms with van der Waals surface area (Å²) in [6, 6.07) is 14.8. The van der Waals surface area contributed by atoms with Gasteiger partial charge < -0.3 is 15.4 Å². The first-order chi connectivity index (χ1) is 12.2. The molecule has 7 heteroatoms. The van der Waals surface area contributed by atoms with Gasteiger partial charge in [-0.25, -0.2) is 14.2 Å². The number of hydrogen-bond donors (Lipinski definition) is 2. The van der Waals surface area contributed by atoms with Crippen molar-refractivity contribution in [2.24, 2.45) is 0 Å². The van der Waals surface area contributed by atoms with E-state index in [-0.39, 0.29) is 11.6 Å². The van der Waals surface area contributed by atoms with Gasteiger partial charge in [0.1, 0.15) is 11.6 Å². The molecule has 0 aliphatic carbocycles. The number of rotatable bonds is 5. The van der Waals surface area contributed by atoms with Gasteiger partial charge in [-0.1, -0.05) is 18.2 Å². The molecule has 0 bridgehead atoms. The van der Waals surface area contributed by atoms with Gasteiger partial charge in [0.15, 0.2) is 0 Å². The first kappa shape index (κ1) is 16.4. The van der Waals surface area contributed by atoms with Crippen LogP contribution in [0.5, 0.6) is 0 Å². The summed E-state index contributed by atoms with van der Waals surface area (Å²) in [6.45, 7) is 0. The quantitative estimate of drug-likeness (QED) is 0.687. The lowest BCUT2D eigenvalue weighted by Crippen LogP contribution is -2.03. The van der Waals surface area contributed by atoms with Crippen LogP contribution in [0.15, 0.2) is 60.8 Å². The number of carbonyl (C=O) groups is 1. The molecule has 2 N–H and O–H groups in total. The Morgan fingerprint density at radius 1 is 1.08 bits per heavy atom. The number of nitrogens with zero attached hydrogens (tertiary/aromatic N) is 2. The van der Waals surface area contributed by atoms with Crippen molar-refractivity contribution in [3.63, 3.8) is 0 Å². The molecule has 0 atom stereocenters. The lowest BCUT2D eigenvalue weighted by Gasteiger charge is -2.09. The standard InChI is InChI=1S/C18H15FN4O2/c1-25-17(24)12-5-4-6-13(11-12)21-16-9-10-20-18(23-16)22-15-8-3-2-7-14(15)19/h2-11H,1H3,(H2,20,21,22,23). The molecule has 0 saturated heterocycles. The average Bonchev–Trinajstić information content (AvgIpc) is 2.63. The minimum Gasteiger partial charge on any atom is -0.465 e. The third kappa shape index (κ3) is 4.08. The Labute approximate surface area is 143 Å². The summed E-state index contributed by atoms with van der Waals surface area (Å²) >= 11 is 0. The summed E-state index contributed by atoms with van der Waals surface area (Å²) in [5.74, 6) is -0.0708. The van der Waals surface area contributed by atoms with Crippen LogP contribution in [-0.2, 0) is 4.74 Å². The summed E-state index contributed by atoms with van der Waals surface area (Å²) in [6.07, 6.45) is 1.54. The molecule has 0 radical (unpaired) electrons. The maximum Gasteiger partial charge on any atom is 0.337 e. The largest absolute Gasteiger partial charge is 0.465 e. The van der Waals surface area contributed by atoms with Gasteiger partial charge in [0.05, 0.1) is 18.4 Å². The van der Waals surface area contributed by atoms with Crippen LogP contribution in [-0.4, -0.2) is 23.0 Å². The number of hydrogen-bond acceptors (Lipinski definition) is 6. The summed E-state index contributed by atoms with van der Waals surface area (Å²) in [4.78, 5) is 19.9. The molecule has 0 saturated carbocycles. The third-order valence-corrected chi connectivity index (χ3v) is 3.33. The predicted molar refractivity (Wildman–Crippen MR) is 92.8 cm³/mol. The molecule has 0 aliphatic rings. The first-order valence-corrected chi connectivity index (χ1v) is 7.46. The normalized spacial score (nSPS) is 10.2. The Balaban J connectivity index is 1.78. The van der Waals surface area contributed by atoms with E-state index in [0.29, 0.717) is 17.1 Å². The van der Waals surface area contributed by atoms with Crippen molar-refractivity contribution in [1.29, 1.82) is 0 Å². The van der Waals surface area contributed by atoms with E-state index in [9.17, 15) is 9.18 Å². The number of esters is 1. The van der Waals surface area contributed by atoms with Gasteiger partial charge in [-0.05, 0) is 36.4 Å². The van der Waals surface area contributed by atoms with Crippen molar-refractivity contribution >= 4 is 29.1 Å². The molecule has 1 heterocycles. The number of benzene rings is 2. The van der Waals surface area contributed by atoms with E-state index in [1.165, 1.54) is 13.2 Å². The van der Waals surface area contributed by atoms with Crippen LogP contribution >= 0.6 is 0 Å². The zero-order valence-electron chi connectivity index (χ0n) is 13.4. The second-order valence-corrected chi connectivity index (χ2v) is 5.07. The lowest BCUT2D eigenvalue weighted by atomic mass is 10.2. The SMILES string of the molecule is COC(=O)c1cccc(Nc2ccnc(Nc3ccccc3F)n2)c1. The van der Waals surface area contributed by atoms with E-state index in [1.54, 1.807) is 54.7 Å². The van der Waals surface area contributed by atoms with E-state index in [1.807, 2.05) is 0 Å². The Morgan fingerprint density at radius 2 is 1.92 bits per heavy atom. The molecule has 0 spiro atoms. The summed E-state index contributed by atoms with van der Waals surface area (Å²) in [5, 5.41) is 5.90. The van der Waals surface area contributed by atoms with Gasteiger partial charge in [0.25, 0.3) is 0 Å². The highest BCUT2D eigenvalue weighted by molar-refractivity contribution is 5.90. The molecule has 2 aromatic carbocycles. The fraction of sp³-hybridized carbons (Fsp3) is 0.0556. The highest BCUT2D eigenvalue weighted by atomic mass is 19.1. The van der Waals surface area contributed by atoms with Crippen molar-refractivity contribution < 1.29 is 13.9 Å². The third-order valence-electron chi connectivity index (χ3n) is 3.33. The van der Waals surface area contributed by atoms with Gasteiger partial charge in [-0.3, -0.25) is 0 Å². The number of ether oxygens (including phenoxy) is 1. The molecule has 6 nitrogen and oxygen atoms in total. The smallest absolute Gasteiger partial charge is 0.337 e. The molecular weight excluding hydrogens is 323 g/mol. The van der Waals surface area contributed by atoms with Crippen LogP contribution in [0.3, 0.4) is 0 Å². The van der Waals surface area contributed by atoms with Gasteiger partial charge in [0.2, 0.25) is 5.95 Å². The molecule has 3 aromatic rings. The number of methoxy groups -OCH3 is 1. The molecule has 0 unspecified atom stereocenters. The minimum absolute atomic E-state index is 0.249. The average molecular weight is 338 g/mol. The summed E-state index contributed by atoms with van der Waals surface area (Å²) in [5.41, 5.74) is 1.37. The second-order valence-electron chi connectivity index (χ2n) is 5.07. The van der Waals surface area contributed by atoms with Crippen LogP contribution < -0.4 is 10.6 Å². The monoisotopic (exact) mass is 338 g/mol. The fourth-order valence-corrected chi connectivity index (χ4v) is 2.16. The zero-order chi connectivity index (χ0) is 17.6. The zero-order valence-corrected chi connectivity index (χ0v) is 13.4.